The van der Waals surface area contributed by atoms with Gasteiger partial charge >= 0.3 is 0 Å². The van der Waals surface area contributed by atoms with E-state index in [9.17, 15) is 18.0 Å². The van der Waals surface area contributed by atoms with E-state index in [0.717, 1.165) is 6.42 Å². The normalized spacial score (nSPS) is 18.0. The molecule has 2 aromatic rings. The number of pyridine rings is 1. The largest absolute Gasteiger partial charge is 0.348 e. The first-order chi connectivity index (χ1) is 12.9. The number of aryl methyl sites for hydroxylation is 1. The molecule has 27 heavy (non-hydrogen) atoms. The van der Waals surface area contributed by atoms with Crippen molar-refractivity contribution in [2.75, 3.05) is 16.8 Å². The molecule has 0 saturated carbocycles. The number of rotatable bonds is 5. The standard InChI is InChI=1S/C19H21N3O4S/c1-2-13-3-5-15(6-4-13)21-19(24)17-11-14(7-9-20-17)18(23)22-16-8-10-27(25,26)12-16/h3-7,9,11,16H,2,8,10,12H2,1H3,(H,21,24)(H,22,23). The van der Waals surface area contributed by atoms with Crippen LogP contribution in [0.25, 0.3) is 0 Å². The Morgan fingerprint density at radius 3 is 2.52 bits per heavy atom. The highest BCUT2D eigenvalue weighted by atomic mass is 32.2. The number of sulfone groups is 1. The second-order valence-electron chi connectivity index (χ2n) is 6.51. The highest BCUT2D eigenvalue weighted by molar-refractivity contribution is 7.91. The molecule has 1 atom stereocenters. The topological polar surface area (TPSA) is 105 Å². The number of nitrogens with zero attached hydrogens (tertiary/aromatic N) is 1. The van der Waals surface area contributed by atoms with Crippen molar-refractivity contribution < 1.29 is 18.0 Å². The molecule has 1 fully saturated rings. The molecule has 7 nitrogen and oxygen atoms in total. The molecule has 8 heteroatoms. The lowest BCUT2D eigenvalue weighted by Crippen LogP contribution is -2.35. The Hall–Kier alpha value is -2.74. The average Bonchev–Trinajstić information content (AvgIpc) is 3.00. The highest BCUT2D eigenvalue weighted by Gasteiger charge is 2.29. The summed E-state index contributed by atoms with van der Waals surface area (Å²) in [6.45, 7) is 2.05. The van der Waals surface area contributed by atoms with Crippen molar-refractivity contribution >= 4 is 27.3 Å². The fourth-order valence-electron chi connectivity index (χ4n) is 2.89. The summed E-state index contributed by atoms with van der Waals surface area (Å²) in [4.78, 5) is 28.8. The molecule has 2 N–H and O–H groups in total. The molecule has 0 aliphatic carbocycles. The summed E-state index contributed by atoms with van der Waals surface area (Å²) in [6, 6.07) is 9.98. The molecular formula is C19H21N3O4S. The Morgan fingerprint density at radius 2 is 1.89 bits per heavy atom. The van der Waals surface area contributed by atoms with Crippen LogP contribution in [-0.4, -0.2) is 42.8 Å². The van der Waals surface area contributed by atoms with E-state index < -0.39 is 27.7 Å². The molecule has 1 aliphatic rings. The lowest BCUT2D eigenvalue weighted by molar-refractivity contribution is 0.0941. The number of hydrogen-bond acceptors (Lipinski definition) is 5. The van der Waals surface area contributed by atoms with Crippen LogP contribution in [0.4, 0.5) is 5.69 Å². The summed E-state index contributed by atoms with van der Waals surface area (Å²) in [6.07, 6.45) is 2.70. The molecule has 0 bridgehead atoms. The SMILES string of the molecule is CCc1ccc(NC(=O)c2cc(C(=O)NC3CCS(=O)(=O)C3)ccn2)cc1. The second-order valence-corrected chi connectivity index (χ2v) is 8.74. The Bertz CT molecular complexity index is 955. The lowest BCUT2D eigenvalue weighted by Gasteiger charge is -2.11. The van der Waals surface area contributed by atoms with E-state index in [-0.39, 0.29) is 22.8 Å². The van der Waals surface area contributed by atoms with Crippen LogP contribution >= 0.6 is 0 Å². The summed E-state index contributed by atoms with van der Waals surface area (Å²) in [5, 5.41) is 5.45. The van der Waals surface area contributed by atoms with Crippen LogP contribution in [0, 0.1) is 0 Å². The first kappa shape index (κ1) is 19.0. The summed E-state index contributed by atoms with van der Waals surface area (Å²) >= 11 is 0. The molecule has 2 amide bonds. The Labute approximate surface area is 158 Å². The Morgan fingerprint density at radius 1 is 1.15 bits per heavy atom. The first-order valence-electron chi connectivity index (χ1n) is 8.74. The van der Waals surface area contributed by atoms with E-state index in [1.54, 1.807) is 0 Å². The third-order valence-corrected chi connectivity index (χ3v) is 6.21. The molecule has 0 radical (unpaired) electrons. The maximum atomic E-state index is 12.4. The fraction of sp³-hybridized carbons (Fsp3) is 0.316. The Kier molecular flexibility index (Phi) is 5.55. The predicted octanol–water partition coefficient (Wildman–Crippen LogP) is 1.81. The molecule has 1 saturated heterocycles. The number of anilines is 1. The minimum absolute atomic E-state index is 0.0507. The van der Waals surface area contributed by atoms with Crippen molar-refractivity contribution in [1.82, 2.24) is 10.3 Å². The van der Waals surface area contributed by atoms with Gasteiger partial charge in [-0.05, 0) is 42.7 Å². The van der Waals surface area contributed by atoms with Crippen LogP contribution < -0.4 is 10.6 Å². The monoisotopic (exact) mass is 387 g/mol. The van der Waals surface area contributed by atoms with Crippen molar-refractivity contribution in [3.05, 3.63) is 59.4 Å². The van der Waals surface area contributed by atoms with Crippen molar-refractivity contribution in [1.29, 1.82) is 0 Å². The van der Waals surface area contributed by atoms with Crippen molar-refractivity contribution in [3.8, 4) is 0 Å². The van der Waals surface area contributed by atoms with Gasteiger partial charge in [-0.2, -0.15) is 0 Å². The van der Waals surface area contributed by atoms with Gasteiger partial charge in [-0.25, -0.2) is 8.42 Å². The molecule has 1 aliphatic heterocycles. The van der Waals surface area contributed by atoms with Crippen LogP contribution in [0.15, 0.2) is 42.6 Å². The van der Waals surface area contributed by atoms with E-state index >= 15 is 0 Å². The summed E-state index contributed by atoms with van der Waals surface area (Å²) in [7, 11) is -3.08. The van der Waals surface area contributed by atoms with Gasteiger partial charge in [-0.15, -0.1) is 0 Å². The van der Waals surface area contributed by atoms with Gasteiger partial charge < -0.3 is 10.6 Å². The van der Waals surface area contributed by atoms with Gasteiger partial charge in [0.1, 0.15) is 5.69 Å². The second kappa shape index (κ2) is 7.87. The van der Waals surface area contributed by atoms with Crippen molar-refractivity contribution in [2.45, 2.75) is 25.8 Å². The van der Waals surface area contributed by atoms with Gasteiger partial charge in [0.25, 0.3) is 11.8 Å². The third kappa shape index (κ3) is 4.91. The molecule has 1 aromatic carbocycles. The minimum Gasteiger partial charge on any atom is -0.348 e. The zero-order chi connectivity index (χ0) is 19.4. The van der Waals surface area contributed by atoms with E-state index in [2.05, 4.69) is 22.5 Å². The first-order valence-corrected chi connectivity index (χ1v) is 10.6. The van der Waals surface area contributed by atoms with Crippen LogP contribution in [0.2, 0.25) is 0 Å². The van der Waals surface area contributed by atoms with Crippen LogP contribution in [-0.2, 0) is 16.3 Å². The zero-order valence-corrected chi connectivity index (χ0v) is 15.8. The van der Waals surface area contributed by atoms with Crippen molar-refractivity contribution in [3.63, 3.8) is 0 Å². The number of carbonyl (C=O) groups is 2. The number of aromatic nitrogens is 1. The molecule has 0 spiro atoms. The van der Waals surface area contributed by atoms with Crippen LogP contribution in [0.1, 0.15) is 39.8 Å². The Balaban J connectivity index is 1.67. The summed E-state index contributed by atoms with van der Waals surface area (Å²) in [5.41, 5.74) is 2.19. The summed E-state index contributed by atoms with van der Waals surface area (Å²) < 4.78 is 23.0. The average molecular weight is 387 g/mol. The van der Waals surface area contributed by atoms with Crippen molar-refractivity contribution in [2.24, 2.45) is 0 Å². The lowest BCUT2D eigenvalue weighted by atomic mass is 10.1. The van der Waals surface area contributed by atoms with Gasteiger partial charge in [0.05, 0.1) is 11.5 Å². The fourth-order valence-corrected chi connectivity index (χ4v) is 4.57. The van der Waals surface area contributed by atoms with E-state index in [1.807, 2.05) is 24.3 Å². The number of nitrogens with one attached hydrogen (secondary N) is 2. The van der Waals surface area contributed by atoms with Gasteiger partial charge in [-0.3, -0.25) is 14.6 Å². The summed E-state index contributed by atoms with van der Waals surface area (Å²) in [5.74, 6) is -0.804. The van der Waals surface area contributed by atoms with E-state index in [4.69, 9.17) is 0 Å². The number of carbonyl (C=O) groups excluding carboxylic acids is 2. The number of hydrogen-bond donors (Lipinski definition) is 2. The molecule has 1 aromatic heterocycles. The molecule has 142 valence electrons. The number of amides is 2. The van der Waals surface area contributed by atoms with E-state index in [0.29, 0.717) is 12.1 Å². The molecular weight excluding hydrogens is 366 g/mol. The smallest absolute Gasteiger partial charge is 0.274 e. The quantitative estimate of drug-likeness (QED) is 0.814. The molecule has 3 rings (SSSR count). The molecule has 1 unspecified atom stereocenters. The molecule has 2 heterocycles. The predicted molar refractivity (Wildman–Crippen MR) is 103 cm³/mol. The van der Waals surface area contributed by atoms with Gasteiger partial charge in [-0.1, -0.05) is 19.1 Å². The highest BCUT2D eigenvalue weighted by Crippen LogP contribution is 2.14. The zero-order valence-electron chi connectivity index (χ0n) is 14.9. The van der Waals surface area contributed by atoms with Gasteiger partial charge in [0.2, 0.25) is 0 Å². The maximum Gasteiger partial charge on any atom is 0.274 e. The van der Waals surface area contributed by atoms with Gasteiger partial charge in [0.15, 0.2) is 9.84 Å². The van der Waals surface area contributed by atoms with Crippen LogP contribution in [0.5, 0.6) is 0 Å². The third-order valence-electron chi connectivity index (χ3n) is 4.44. The van der Waals surface area contributed by atoms with E-state index in [1.165, 1.54) is 23.9 Å². The number of benzene rings is 1. The maximum absolute atomic E-state index is 12.4. The minimum atomic E-state index is -3.08. The van der Waals surface area contributed by atoms with Crippen LogP contribution in [0.3, 0.4) is 0 Å². The van der Waals surface area contributed by atoms with Gasteiger partial charge in [0, 0.05) is 23.5 Å².